The molecule has 1 saturated carbocycles. The van der Waals surface area contributed by atoms with Gasteiger partial charge in [0.05, 0.1) is 17.7 Å². The largest absolute Gasteiger partial charge is 0.393 e. The van der Waals surface area contributed by atoms with Crippen molar-refractivity contribution in [1.29, 1.82) is 5.26 Å². The highest BCUT2D eigenvalue weighted by atomic mass is 16.3. The second kappa shape index (κ2) is 7.05. The molecule has 0 aliphatic heterocycles. The van der Waals surface area contributed by atoms with E-state index in [1.54, 1.807) is 36.2 Å². The van der Waals surface area contributed by atoms with Crippen molar-refractivity contribution in [2.45, 2.75) is 25.4 Å². The molecule has 0 radical (unpaired) electrons. The molecule has 2 unspecified atom stereocenters. The molecule has 1 aromatic rings. The van der Waals surface area contributed by atoms with Crippen molar-refractivity contribution in [1.82, 2.24) is 4.90 Å². The molecule has 1 aliphatic rings. The quantitative estimate of drug-likeness (QED) is 0.862. The van der Waals surface area contributed by atoms with Gasteiger partial charge in [0.15, 0.2) is 0 Å². The summed E-state index contributed by atoms with van der Waals surface area (Å²) in [4.78, 5) is 13.7. The molecule has 0 bridgehead atoms. The highest BCUT2D eigenvalue weighted by Crippen LogP contribution is 2.26. The molecule has 0 aromatic heterocycles. The van der Waals surface area contributed by atoms with Gasteiger partial charge < -0.3 is 10.0 Å². The number of hydrogen-bond donors (Lipinski definition) is 1. The van der Waals surface area contributed by atoms with Gasteiger partial charge in [0.1, 0.15) is 0 Å². The van der Waals surface area contributed by atoms with Gasteiger partial charge in [0.2, 0.25) is 5.91 Å². The van der Waals surface area contributed by atoms with Crippen LogP contribution in [0.2, 0.25) is 0 Å². The van der Waals surface area contributed by atoms with Crippen LogP contribution in [-0.2, 0) is 4.79 Å². The zero-order valence-corrected chi connectivity index (χ0v) is 12.2. The van der Waals surface area contributed by atoms with Crippen molar-refractivity contribution in [2.24, 2.45) is 5.92 Å². The van der Waals surface area contributed by atoms with Crippen LogP contribution >= 0.6 is 0 Å². The molecule has 1 fully saturated rings. The van der Waals surface area contributed by atoms with E-state index in [1.807, 2.05) is 6.07 Å². The Kier molecular flexibility index (Phi) is 5.13. The fraction of sp³-hybridized carbons (Fsp3) is 0.412. The van der Waals surface area contributed by atoms with Crippen LogP contribution in [-0.4, -0.2) is 35.6 Å². The Hall–Kier alpha value is -2.12. The lowest BCUT2D eigenvalue weighted by molar-refractivity contribution is -0.125. The van der Waals surface area contributed by atoms with Gasteiger partial charge in [0, 0.05) is 25.6 Å². The number of carbonyl (C=O) groups is 1. The number of aliphatic hydroxyl groups excluding tert-OH is 1. The number of likely N-dealkylation sites (N-methyl/N-ethyl adjacent to an activating group) is 1. The number of amides is 1. The summed E-state index contributed by atoms with van der Waals surface area (Å²) in [5.41, 5.74) is 1.41. The summed E-state index contributed by atoms with van der Waals surface area (Å²) in [6.07, 6.45) is 5.79. The molecule has 2 rings (SSSR count). The Morgan fingerprint density at radius 1 is 1.52 bits per heavy atom. The summed E-state index contributed by atoms with van der Waals surface area (Å²) in [5, 5.41) is 18.6. The van der Waals surface area contributed by atoms with E-state index in [-0.39, 0.29) is 17.9 Å². The summed E-state index contributed by atoms with van der Waals surface area (Å²) in [7, 11) is 1.75. The molecule has 1 amide bonds. The van der Waals surface area contributed by atoms with Crippen molar-refractivity contribution in [3.05, 3.63) is 41.5 Å². The fourth-order valence-corrected chi connectivity index (χ4v) is 2.68. The molecule has 110 valence electrons. The van der Waals surface area contributed by atoms with Gasteiger partial charge in [-0.3, -0.25) is 4.79 Å². The third-order valence-corrected chi connectivity index (χ3v) is 3.94. The monoisotopic (exact) mass is 284 g/mol. The Bertz CT molecular complexity index is 574. The number of rotatable bonds is 4. The van der Waals surface area contributed by atoms with Gasteiger partial charge in [-0.15, -0.1) is 0 Å². The minimum absolute atomic E-state index is 0.0866. The number of hydrogen-bond acceptors (Lipinski definition) is 3. The zero-order valence-electron chi connectivity index (χ0n) is 12.2. The van der Waals surface area contributed by atoms with E-state index in [0.717, 1.165) is 24.8 Å². The first-order chi connectivity index (χ1) is 10.1. The first-order valence-corrected chi connectivity index (χ1v) is 7.21. The normalized spacial score (nSPS) is 21.4. The average Bonchev–Trinajstić information content (AvgIpc) is 2.90. The first kappa shape index (κ1) is 15.3. The van der Waals surface area contributed by atoms with Gasteiger partial charge >= 0.3 is 0 Å². The molecule has 1 aromatic carbocycles. The summed E-state index contributed by atoms with van der Waals surface area (Å²) < 4.78 is 0. The predicted molar refractivity (Wildman–Crippen MR) is 81.2 cm³/mol. The van der Waals surface area contributed by atoms with Gasteiger partial charge in [-0.25, -0.2) is 0 Å². The summed E-state index contributed by atoms with van der Waals surface area (Å²) >= 11 is 0. The van der Waals surface area contributed by atoms with Crippen LogP contribution in [0.3, 0.4) is 0 Å². The van der Waals surface area contributed by atoms with E-state index in [4.69, 9.17) is 5.26 Å². The Balaban J connectivity index is 1.93. The summed E-state index contributed by atoms with van der Waals surface area (Å²) in [6.45, 7) is 0.586. The van der Waals surface area contributed by atoms with Crippen LogP contribution in [0.1, 0.15) is 30.4 Å². The van der Waals surface area contributed by atoms with Crippen molar-refractivity contribution in [3.63, 3.8) is 0 Å². The van der Waals surface area contributed by atoms with Crippen LogP contribution < -0.4 is 0 Å². The number of nitriles is 1. The molecule has 1 N–H and O–H groups in total. The smallest absolute Gasteiger partial charge is 0.246 e. The van der Waals surface area contributed by atoms with E-state index in [9.17, 15) is 9.90 Å². The van der Waals surface area contributed by atoms with Crippen molar-refractivity contribution in [3.8, 4) is 6.07 Å². The van der Waals surface area contributed by atoms with E-state index in [2.05, 4.69) is 6.07 Å². The van der Waals surface area contributed by atoms with Crippen LogP contribution in [0.5, 0.6) is 0 Å². The number of aliphatic hydroxyl groups is 1. The number of benzene rings is 1. The molecule has 0 heterocycles. The van der Waals surface area contributed by atoms with E-state index in [1.165, 1.54) is 6.08 Å². The van der Waals surface area contributed by atoms with Crippen molar-refractivity contribution in [2.75, 3.05) is 13.6 Å². The Morgan fingerprint density at radius 3 is 3.00 bits per heavy atom. The summed E-state index contributed by atoms with van der Waals surface area (Å²) in [5.74, 6) is 0.103. The maximum absolute atomic E-state index is 12.1. The lowest BCUT2D eigenvalue weighted by Crippen LogP contribution is -2.33. The Morgan fingerprint density at radius 2 is 2.33 bits per heavy atom. The fourth-order valence-electron chi connectivity index (χ4n) is 2.68. The van der Waals surface area contributed by atoms with Crippen molar-refractivity contribution >= 4 is 12.0 Å². The lowest BCUT2D eigenvalue weighted by atomic mass is 10.1. The SMILES string of the molecule is CN(CC1CCCC1O)C(=O)/C=C/c1cccc(C#N)c1. The van der Waals surface area contributed by atoms with E-state index >= 15 is 0 Å². The minimum Gasteiger partial charge on any atom is -0.393 e. The van der Waals surface area contributed by atoms with E-state index < -0.39 is 0 Å². The van der Waals surface area contributed by atoms with Crippen LogP contribution in [0, 0.1) is 17.2 Å². The van der Waals surface area contributed by atoms with E-state index in [0.29, 0.717) is 12.1 Å². The zero-order chi connectivity index (χ0) is 15.2. The Labute approximate surface area is 125 Å². The van der Waals surface area contributed by atoms with Gasteiger partial charge in [0.25, 0.3) is 0 Å². The third kappa shape index (κ3) is 4.17. The molecule has 0 saturated heterocycles. The molecule has 4 heteroatoms. The highest BCUT2D eigenvalue weighted by Gasteiger charge is 2.26. The molecule has 0 spiro atoms. The maximum Gasteiger partial charge on any atom is 0.246 e. The second-order valence-corrected chi connectivity index (χ2v) is 5.55. The minimum atomic E-state index is -0.281. The molecule has 1 aliphatic carbocycles. The topological polar surface area (TPSA) is 64.3 Å². The number of carbonyl (C=O) groups excluding carboxylic acids is 1. The summed E-state index contributed by atoms with van der Waals surface area (Å²) in [6, 6.07) is 9.19. The molecular weight excluding hydrogens is 264 g/mol. The van der Waals surface area contributed by atoms with Crippen LogP contribution in [0.15, 0.2) is 30.3 Å². The molecular formula is C17H20N2O2. The van der Waals surface area contributed by atoms with Gasteiger partial charge in [-0.1, -0.05) is 18.6 Å². The van der Waals surface area contributed by atoms with Crippen molar-refractivity contribution < 1.29 is 9.90 Å². The van der Waals surface area contributed by atoms with Gasteiger partial charge in [-0.2, -0.15) is 5.26 Å². The third-order valence-electron chi connectivity index (χ3n) is 3.94. The lowest BCUT2D eigenvalue weighted by Gasteiger charge is -2.22. The molecule has 2 atom stereocenters. The maximum atomic E-state index is 12.1. The van der Waals surface area contributed by atoms with Crippen LogP contribution in [0.25, 0.3) is 6.08 Å². The average molecular weight is 284 g/mol. The first-order valence-electron chi connectivity index (χ1n) is 7.21. The van der Waals surface area contributed by atoms with Crippen LogP contribution in [0.4, 0.5) is 0 Å². The molecule has 4 nitrogen and oxygen atoms in total. The highest BCUT2D eigenvalue weighted by molar-refractivity contribution is 5.91. The van der Waals surface area contributed by atoms with Gasteiger partial charge in [-0.05, 0) is 36.6 Å². The second-order valence-electron chi connectivity index (χ2n) is 5.55. The molecule has 21 heavy (non-hydrogen) atoms. The standard InChI is InChI=1S/C17H20N2O2/c1-19(12-15-6-3-7-16(15)20)17(21)9-8-13-4-2-5-14(10-13)11-18/h2,4-5,8-10,15-16,20H,3,6-7,12H2,1H3/b9-8+. The number of nitrogens with zero attached hydrogens (tertiary/aromatic N) is 2. The predicted octanol–water partition coefficient (Wildman–Crippen LogP) is 2.19.